The lowest BCUT2D eigenvalue weighted by atomic mass is 10.2. The van der Waals surface area contributed by atoms with Crippen molar-refractivity contribution in [3.63, 3.8) is 0 Å². The highest BCUT2D eigenvalue weighted by Crippen LogP contribution is 2.32. The second-order valence-corrected chi connectivity index (χ2v) is 6.98. The Bertz CT molecular complexity index is 612. The lowest BCUT2D eigenvalue weighted by Gasteiger charge is -2.05. The highest BCUT2D eigenvalue weighted by Gasteiger charge is 2.24. The standard InChI is InChI=1S/C13H16BrIN4/c1-8-5-18(13(15)16-8)7-11-9(2)17-19(12(11)14)6-10-3-4-10/h5,10H,3-4,6-7H2,1-2H3. The molecule has 0 aromatic carbocycles. The molecule has 19 heavy (non-hydrogen) atoms. The molecule has 6 heteroatoms. The topological polar surface area (TPSA) is 35.6 Å². The van der Waals surface area contributed by atoms with Crippen LogP contribution in [0.25, 0.3) is 0 Å². The first kappa shape index (κ1) is 13.6. The van der Waals surface area contributed by atoms with Crippen LogP contribution in [0.3, 0.4) is 0 Å². The second-order valence-electron chi connectivity index (χ2n) is 5.26. The molecule has 0 radical (unpaired) electrons. The molecular formula is C13H16BrIN4. The molecule has 0 unspecified atom stereocenters. The Hall–Kier alpha value is -0.370. The minimum atomic E-state index is 0.830. The van der Waals surface area contributed by atoms with Crippen LogP contribution < -0.4 is 0 Å². The van der Waals surface area contributed by atoms with Crippen LogP contribution in [0.15, 0.2) is 10.8 Å². The van der Waals surface area contributed by atoms with E-state index in [-0.39, 0.29) is 0 Å². The zero-order chi connectivity index (χ0) is 13.6. The Morgan fingerprint density at radius 1 is 1.42 bits per heavy atom. The molecule has 102 valence electrons. The summed E-state index contributed by atoms with van der Waals surface area (Å²) in [5.41, 5.74) is 3.43. The van der Waals surface area contributed by atoms with Crippen LogP contribution >= 0.6 is 38.5 Å². The lowest BCUT2D eigenvalue weighted by Crippen LogP contribution is -2.04. The van der Waals surface area contributed by atoms with Crippen molar-refractivity contribution in [3.05, 3.63) is 31.6 Å². The van der Waals surface area contributed by atoms with Crippen LogP contribution in [0.2, 0.25) is 0 Å². The molecule has 1 aliphatic rings. The molecule has 3 rings (SSSR count). The third-order valence-electron chi connectivity index (χ3n) is 3.49. The van der Waals surface area contributed by atoms with Gasteiger partial charge in [0.2, 0.25) is 0 Å². The van der Waals surface area contributed by atoms with Crippen LogP contribution in [0.1, 0.15) is 29.8 Å². The number of aryl methyl sites for hydroxylation is 2. The number of hydrogen-bond acceptors (Lipinski definition) is 2. The van der Waals surface area contributed by atoms with E-state index >= 15 is 0 Å². The van der Waals surface area contributed by atoms with Gasteiger partial charge < -0.3 is 4.57 Å². The fraction of sp³-hybridized carbons (Fsp3) is 0.538. The maximum absolute atomic E-state index is 4.66. The summed E-state index contributed by atoms with van der Waals surface area (Å²) in [7, 11) is 0. The summed E-state index contributed by atoms with van der Waals surface area (Å²) in [4.78, 5) is 4.44. The van der Waals surface area contributed by atoms with Gasteiger partial charge in [0.05, 0.1) is 17.9 Å². The smallest absolute Gasteiger partial charge is 0.171 e. The summed E-state index contributed by atoms with van der Waals surface area (Å²) in [6.45, 7) is 5.98. The molecule has 0 N–H and O–H groups in total. The molecule has 1 fully saturated rings. The normalized spacial score (nSPS) is 15.2. The highest BCUT2D eigenvalue weighted by atomic mass is 127. The van der Waals surface area contributed by atoms with Crippen molar-refractivity contribution < 1.29 is 0 Å². The molecular weight excluding hydrogens is 419 g/mol. The summed E-state index contributed by atoms with van der Waals surface area (Å²) in [6.07, 6.45) is 4.78. The van der Waals surface area contributed by atoms with E-state index < -0.39 is 0 Å². The minimum Gasteiger partial charge on any atom is -0.322 e. The first-order chi connectivity index (χ1) is 9.04. The Kier molecular flexibility index (Phi) is 3.72. The maximum Gasteiger partial charge on any atom is 0.171 e. The van der Waals surface area contributed by atoms with Gasteiger partial charge in [0, 0.05) is 18.3 Å². The zero-order valence-electron chi connectivity index (χ0n) is 11.0. The van der Waals surface area contributed by atoms with Crippen molar-refractivity contribution in [1.82, 2.24) is 19.3 Å². The highest BCUT2D eigenvalue weighted by molar-refractivity contribution is 14.1. The molecule has 0 aliphatic heterocycles. The average molecular weight is 435 g/mol. The average Bonchev–Trinajstić information content (AvgIpc) is 3.04. The van der Waals surface area contributed by atoms with Crippen LogP contribution in [0.5, 0.6) is 0 Å². The van der Waals surface area contributed by atoms with Gasteiger partial charge in [-0.05, 0) is 71.1 Å². The second kappa shape index (κ2) is 5.20. The number of hydrogen-bond donors (Lipinski definition) is 0. The molecule has 0 spiro atoms. The third-order valence-corrected chi connectivity index (χ3v) is 5.24. The zero-order valence-corrected chi connectivity index (χ0v) is 14.8. The van der Waals surface area contributed by atoms with Gasteiger partial charge in [0.25, 0.3) is 0 Å². The van der Waals surface area contributed by atoms with Crippen molar-refractivity contribution in [2.45, 2.75) is 39.8 Å². The number of imidazole rings is 1. The van der Waals surface area contributed by atoms with Gasteiger partial charge in [0.15, 0.2) is 3.83 Å². The van der Waals surface area contributed by atoms with Gasteiger partial charge in [-0.25, -0.2) is 4.98 Å². The Morgan fingerprint density at radius 2 is 2.16 bits per heavy atom. The quantitative estimate of drug-likeness (QED) is 0.690. The number of halogens is 2. The molecule has 1 aliphatic carbocycles. The number of rotatable bonds is 4. The number of aromatic nitrogens is 4. The van der Waals surface area contributed by atoms with Gasteiger partial charge >= 0.3 is 0 Å². The van der Waals surface area contributed by atoms with E-state index in [0.29, 0.717) is 0 Å². The van der Waals surface area contributed by atoms with Crippen LogP contribution in [0.4, 0.5) is 0 Å². The van der Waals surface area contributed by atoms with Crippen molar-refractivity contribution in [2.75, 3.05) is 0 Å². The molecule has 0 saturated heterocycles. The Labute approximate surface area is 134 Å². The summed E-state index contributed by atoms with van der Waals surface area (Å²) < 4.78 is 6.43. The summed E-state index contributed by atoms with van der Waals surface area (Å²) >= 11 is 5.99. The van der Waals surface area contributed by atoms with Crippen molar-refractivity contribution >= 4 is 38.5 Å². The van der Waals surface area contributed by atoms with Crippen molar-refractivity contribution in [1.29, 1.82) is 0 Å². The fourth-order valence-electron chi connectivity index (χ4n) is 2.23. The van der Waals surface area contributed by atoms with Gasteiger partial charge in [-0.3, -0.25) is 4.68 Å². The van der Waals surface area contributed by atoms with Gasteiger partial charge in [-0.15, -0.1) is 0 Å². The first-order valence-electron chi connectivity index (χ1n) is 6.45. The van der Waals surface area contributed by atoms with E-state index in [1.54, 1.807) is 0 Å². The molecule has 2 heterocycles. The minimum absolute atomic E-state index is 0.830. The van der Waals surface area contributed by atoms with Gasteiger partial charge in [-0.1, -0.05) is 0 Å². The third kappa shape index (κ3) is 2.89. The molecule has 2 aromatic rings. The van der Waals surface area contributed by atoms with E-state index in [0.717, 1.165) is 38.8 Å². The maximum atomic E-state index is 4.66. The fourth-order valence-corrected chi connectivity index (χ4v) is 3.56. The molecule has 0 amide bonds. The lowest BCUT2D eigenvalue weighted by molar-refractivity contribution is 0.549. The molecule has 4 nitrogen and oxygen atoms in total. The first-order valence-corrected chi connectivity index (χ1v) is 8.33. The van der Waals surface area contributed by atoms with Crippen molar-refractivity contribution in [2.24, 2.45) is 5.92 Å². The van der Waals surface area contributed by atoms with E-state index in [1.807, 2.05) is 6.92 Å². The predicted octanol–water partition coefficient (Wildman–Crippen LogP) is 3.52. The van der Waals surface area contributed by atoms with Gasteiger partial charge in [0.1, 0.15) is 4.60 Å². The summed E-state index contributed by atoms with van der Waals surface area (Å²) in [6, 6.07) is 0. The van der Waals surface area contributed by atoms with Crippen LogP contribution in [0, 0.1) is 23.6 Å². The van der Waals surface area contributed by atoms with Crippen molar-refractivity contribution in [3.8, 4) is 0 Å². The predicted molar refractivity (Wildman–Crippen MR) is 86.2 cm³/mol. The summed E-state index contributed by atoms with van der Waals surface area (Å²) in [5.74, 6) is 0.832. The van der Waals surface area contributed by atoms with E-state index in [1.165, 1.54) is 18.4 Å². The monoisotopic (exact) mass is 434 g/mol. The van der Waals surface area contributed by atoms with Gasteiger partial charge in [-0.2, -0.15) is 5.10 Å². The summed E-state index contributed by atoms with van der Waals surface area (Å²) in [5, 5.41) is 4.66. The van der Waals surface area contributed by atoms with E-state index in [4.69, 9.17) is 0 Å². The number of nitrogens with zero attached hydrogens (tertiary/aromatic N) is 4. The molecule has 0 bridgehead atoms. The molecule has 2 aromatic heterocycles. The van der Waals surface area contributed by atoms with Crippen LogP contribution in [-0.4, -0.2) is 19.3 Å². The largest absolute Gasteiger partial charge is 0.322 e. The Morgan fingerprint density at radius 3 is 2.74 bits per heavy atom. The SMILES string of the molecule is Cc1cn(Cc2c(C)nn(CC3CC3)c2Br)c(I)n1. The molecule has 0 atom stereocenters. The molecule has 1 saturated carbocycles. The van der Waals surface area contributed by atoms with E-state index in [9.17, 15) is 0 Å². The van der Waals surface area contributed by atoms with E-state index in [2.05, 4.69) is 71.0 Å². The van der Waals surface area contributed by atoms with Crippen LogP contribution in [-0.2, 0) is 13.1 Å². The Balaban J connectivity index is 1.87.